The zero-order valence-corrected chi connectivity index (χ0v) is 18.7. The van der Waals surface area contributed by atoms with Crippen molar-refractivity contribution in [2.45, 2.75) is 19.3 Å². The minimum absolute atomic E-state index is 0.0340. The Morgan fingerprint density at radius 1 is 1.16 bits per heavy atom. The predicted molar refractivity (Wildman–Crippen MR) is 127 cm³/mol. The molecule has 1 fully saturated rings. The van der Waals surface area contributed by atoms with Crippen LogP contribution in [0.5, 0.6) is 11.5 Å². The van der Waals surface area contributed by atoms with E-state index in [0.717, 1.165) is 33.9 Å². The molecule has 1 aliphatic rings. The number of ether oxygens (including phenoxy) is 1. The monoisotopic (exact) mass is 452 g/mol. The third-order valence-electron chi connectivity index (χ3n) is 5.97. The van der Waals surface area contributed by atoms with Crippen LogP contribution in [0.3, 0.4) is 0 Å². The van der Waals surface area contributed by atoms with Gasteiger partial charge in [0.05, 0.1) is 22.8 Å². The Kier molecular flexibility index (Phi) is 5.80. The topological polar surface area (TPSA) is 70.5 Å². The Morgan fingerprint density at radius 2 is 2.00 bits per heavy atom. The van der Waals surface area contributed by atoms with E-state index in [-0.39, 0.29) is 11.6 Å². The number of methoxy groups -OCH3 is 1. The van der Waals surface area contributed by atoms with Crippen molar-refractivity contribution < 1.29 is 14.2 Å². The van der Waals surface area contributed by atoms with Crippen LogP contribution in [-0.4, -0.2) is 53.3 Å². The van der Waals surface area contributed by atoms with Crippen LogP contribution in [0.1, 0.15) is 24.0 Å². The summed E-state index contributed by atoms with van der Waals surface area (Å²) in [5, 5.41) is 15.1. The van der Waals surface area contributed by atoms with E-state index in [0.29, 0.717) is 28.8 Å². The summed E-state index contributed by atoms with van der Waals surface area (Å²) in [7, 11) is 1.51. The molecule has 5 rings (SSSR count). The van der Waals surface area contributed by atoms with Crippen LogP contribution in [0.2, 0.25) is 0 Å². The van der Waals surface area contributed by atoms with Crippen molar-refractivity contribution in [3.63, 3.8) is 0 Å². The molecule has 0 saturated carbocycles. The zero-order chi connectivity index (χ0) is 22.1. The summed E-state index contributed by atoms with van der Waals surface area (Å²) in [6, 6.07) is 8.60. The van der Waals surface area contributed by atoms with Gasteiger partial charge in [0, 0.05) is 43.2 Å². The molecule has 2 aromatic carbocycles. The van der Waals surface area contributed by atoms with Gasteiger partial charge in [0.2, 0.25) is 0 Å². The van der Waals surface area contributed by atoms with E-state index in [1.165, 1.54) is 39.1 Å². The average Bonchev–Trinajstić information content (AvgIpc) is 3.43. The number of fused-ring (bicyclic) bond motifs is 2. The maximum absolute atomic E-state index is 14.9. The molecule has 6 nitrogen and oxygen atoms in total. The SMILES string of the molecule is COc1cc2c(Cc3cc4sc(NCCN5CCCC5)nc4cc3F)ccnc2cc1O. The first-order chi connectivity index (χ1) is 15.6. The molecule has 1 saturated heterocycles. The summed E-state index contributed by atoms with van der Waals surface area (Å²) >= 11 is 1.55. The lowest BCUT2D eigenvalue weighted by atomic mass is 10.0. The molecule has 1 aliphatic heterocycles. The molecule has 32 heavy (non-hydrogen) atoms. The number of aromatic hydroxyl groups is 1. The van der Waals surface area contributed by atoms with Crippen LogP contribution >= 0.6 is 11.3 Å². The summed E-state index contributed by atoms with van der Waals surface area (Å²) in [5.74, 6) is 0.128. The number of hydrogen-bond donors (Lipinski definition) is 2. The first-order valence-electron chi connectivity index (χ1n) is 10.8. The summed E-state index contributed by atoms with van der Waals surface area (Å²) < 4.78 is 21.1. The Balaban J connectivity index is 1.39. The van der Waals surface area contributed by atoms with Gasteiger partial charge in [-0.25, -0.2) is 9.37 Å². The van der Waals surface area contributed by atoms with Crippen LogP contribution in [0, 0.1) is 5.82 Å². The summed E-state index contributed by atoms with van der Waals surface area (Å²) in [6.45, 7) is 4.19. The highest BCUT2D eigenvalue weighted by Gasteiger charge is 2.14. The molecule has 2 aromatic heterocycles. The Hall–Kier alpha value is -2.97. The van der Waals surface area contributed by atoms with E-state index in [1.54, 1.807) is 29.7 Å². The highest BCUT2D eigenvalue weighted by Crippen LogP contribution is 2.34. The van der Waals surface area contributed by atoms with Crippen LogP contribution in [0.25, 0.3) is 21.1 Å². The van der Waals surface area contributed by atoms with Crippen molar-refractivity contribution in [1.82, 2.24) is 14.9 Å². The van der Waals surface area contributed by atoms with Gasteiger partial charge >= 0.3 is 0 Å². The van der Waals surface area contributed by atoms with E-state index in [2.05, 4.69) is 20.2 Å². The first kappa shape index (κ1) is 20.9. The normalized spacial score (nSPS) is 14.4. The smallest absolute Gasteiger partial charge is 0.183 e. The highest BCUT2D eigenvalue weighted by atomic mass is 32.1. The Labute approximate surface area is 189 Å². The number of phenols is 1. The molecule has 4 aromatic rings. The third-order valence-corrected chi connectivity index (χ3v) is 6.95. The number of nitrogens with zero attached hydrogens (tertiary/aromatic N) is 3. The predicted octanol–water partition coefficient (Wildman–Crippen LogP) is 4.80. The second kappa shape index (κ2) is 8.88. The Morgan fingerprint density at radius 3 is 2.81 bits per heavy atom. The molecule has 3 heterocycles. The lowest BCUT2D eigenvalue weighted by molar-refractivity contribution is 0.352. The number of aromatic nitrogens is 2. The quantitative estimate of drug-likeness (QED) is 0.420. The molecule has 0 unspecified atom stereocenters. The molecule has 2 N–H and O–H groups in total. The maximum atomic E-state index is 14.9. The number of thiazole rings is 1. The van der Waals surface area contributed by atoms with Gasteiger partial charge in [-0.1, -0.05) is 11.3 Å². The molecule has 8 heteroatoms. The lowest BCUT2D eigenvalue weighted by Crippen LogP contribution is -2.25. The van der Waals surface area contributed by atoms with Gasteiger partial charge in [-0.2, -0.15) is 0 Å². The number of nitrogens with one attached hydrogen (secondary N) is 1. The van der Waals surface area contributed by atoms with Gasteiger partial charge in [0.15, 0.2) is 16.6 Å². The van der Waals surface area contributed by atoms with Gasteiger partial charge in [0.1, 0.15) is 5.82 Å². The molecular weight excluding hydrogens is 427 g/mol. The molecular formula is C24H25FN4O2S. The minimum atomic E-state index is -0.276. The fourth-order valence-electron chi connectivity index (χ4n) is 4.27. The van der Waals surface area contributed by atoms with Crippen molar-refractivity contribution in [2.24, 2.45) is 0 Å². The molecule has 166 valence electrons. The van der Waals surface area contributed by atoms with E-state index in [1.807, 2.05) is 12.1 Å². The van der Waals surface area contributed by atoms with Crippen LogP contribution in [0.4, 0.5) is 9.52 Å². The van der Waals surface area contributed by atoms with E-state index < -0.39 is 0 Å². The van der Waals surface area contributed by atoms with Gasteiger partial charge in [0.25, 0.3) is 0 Å². The zero-order valence-electron chi connectivity index (χ0n) is 17.9. The highest BCUT2D eigenvalue weighted by molar-refractivity contribution is 7.22. The number of likely N-dealkylation sites (tertiary alicyclic amines) is 1. The van der Waals surface area contributed by atoms with Crippen LogP contribution < -0.4 is 10.1 Å². The van der Waals surface area contributed by atoms with E-state index >= 15 is 0 Å². The molecule has 0 atom stereocenters. The standard InChI is InChI=1S/C24H25FN4O2S/c1-31-22-12-17-15(4-5-26-19(17)14-21(22)30)10-16-11-23-20(13-18(16)25)28-24(32-23)27-6-9-29-7-2-3-8-29/h4-5,11-14,30H,2-3,6-10H2,1H3,(H,27,28). The number of benzene rings is 2. The third kappa shape index (κ3) is 4.20. The fraction of sp³-hybridized carbons (Fsp3) is 0.333. The number of pyridine rings is 1. The van der Waals surface area contributed by atoms with E-state index in [9.17, 15) is 9.50 Å². The van der Waals surface area contributed by atoms with Crippen molar-refractivity contribution in [2.75, 3.05) is 38.6 Å². The molecule has 0 bridgehead atoms. The van der Waals surface area contributed by atoms with Gasteiger partial charge in [-0.15, -0.1) is 0 Å². The number of anilines is 1. The number of phenolic OH excluding ortho intramolecular Hbond substituents is 1. The minimum Gasteiger partial charge on any atom is -0.504 e. The number of rotatable bonds is 7. The molecule has 0 radical (unpaired) electrons. The van der Waals surface area contributed by atoms with Crippen LogP contribution in [0.15, 0.2) is 36.5 Å². The summed E-state index contributed by atoms with van der Waals surface area (Å²) in [4.78, 5) is 11.3. The fourth-order valence-corrected chi connectivity index (χ4v) is 5.21. The van der Waals surface area contributed by atoms with Gasteiger partial charge < -0.3 is 20.1 Å². The number of halogens is 1. The molecule has 0 aliphatic carbocycles. The summed E-state index contributed by atoms with van der Waals surface area (Å²) in [6.07, 6.45) is 4.65. The second-order valence-electron chi connectivity index (χ2n) is 8.09. The van der Waals surface area contributed by atoms with Crippen molar-refractivity contribution in [1.29, 1.82) is 0 Å². The average molecular weight is 453 g/mol. The molecule has 0 amide bonds. The second-order valence-corrected chi connectivity index (χ2v) is 9.12. The molecule has 0 spiro atoms. The summed E-state index contributed by atoms with van der Waals surface area (Å²) in [5.41, 5.74) is 2.83. The van der Waals surface area contributed by atoms with Gasteiger partial charge in [-0.05, 0) is 55.3 Å². The maximum Gasteiger partial charge on any atom is 0.183 e. The lowest BCUT2D eigenvalue weighted by Gasteiger charge is -2.13. The van der Waals surface area contributed by atoms with Crippen molar-refractivity contribution in [3.8, 4) is 11.5 Å². The first-order valence-corrected chi connectivity index (χ1v) is 11.6. The largest absolute Gasteiger partial charge is 0.504 e. The van der Waals surface area contributed by atoms with E-state index in [4.69, 9.17) is 4.74 Å². The number of hydrogen-bond acceptors (Lipinski definition) is 7. The van der Waals surface area contributed by atoms with Crippen molar-refractivity contribution >= 4 is 37.6 Å². The van der Waals surface area contributed by atoms with Crippen molar-refractivity contribution in [3.05, 3.63) is 53.5 Å². The Bertz CT molecular complexity index is 1270. The van der Waals surface area contributed by atoms with Gasteiger partial charge in [-0.3, -0.25) is 4.98 Å². The van der Waals surface area contributed by atoms with Crippen LogP contribution in [-0.2, 0) is 6.42 Å².